The van der Waals surface area contributed by atoms with Crippen molar-refractivity contribution >= 4 is 34.8 Å². The largest absolute Gasteiger partial charge is 0.465 e. The lowest BCUT2D eigenvalue weighted by Crippen LogP contribution is -2.28. The predicted molar refractivity (Wildman–Crippen MR) is 111 cm³/mol. The van der Waals surface area contributed by atoms with Crippen molar-refractivity contribution in [1.82, 2.24) is 14.7 Å². The Kier molecular flexibility index (Phi) is 5.51. The van der Waals surface area contributed by atoms with Gasteiger partial charge in [0.2, 0.25) is 0 Å². The molecule has 0 atom stereocenters. The molecule has 0 radical (unpaired) electrons. The summed E-state index contributed by atoms with van der Waals surface area (Å²) >= 11 is 6.15. The Hall–Kier alpha value is -2.90. The number of fused-ring (bicyclic) bond motifs is 1. The lowest BCUT2D eigenvalue weighted by molar-refractivity contribution is 0.0598. The average molecular weight is 413 g/mol. The fourth-order valence-electron chi connectivity index (χ4n) is 3.70. The van der Waals surface area contributed by atoms with Crippen LogP contribution in [0.5, 0.6) is 0 Å². The van der Waals surface area contributed by atoms with Gasteiger partial charge in [0.05, 0.1) is 29.6 Å². The Balaban J connectivity index is 1.75. The first-order valence-corrected chi connectivity index (χ1v) is 9.82. The summed E-state index contributed by atoms with van der Waals surface area (Å²) in [6, 6.07) is 8.73. The normalized spacial score (nSPS) is 14.7. The fourth-order valence-corrected chi connectivity index (χ4v) is 3.88. The monoisotopic (exact) mass is 412 g/mol. The van der Waals surface area contributed by atoms with Gasteiger partial charge in [-0.1, -0.05) is 23.7 Å². The quantitative estimate of drug-likeness (QED) is 0.641. The highest BCUT2D eigenvalue weighted by Crippen LogP contribution is 2.30. The van der Waals surface area contributed by atoms with Crippen LogP contribution in [-0.4, -0.2) is 41.5 Å². The molecule has 0 spiro atoms. The van der Waals surface area contributed by atoms with E-state index in [-0.39, 0.29) is 11.8 Å². The smallest absolute Gasteiger partial charge is 0.338 e. The summed E-state index contributed by atoms with van der Waals surface area (Å²) in [7, 11) is 1.37. The molecule has 29 heavy (non-hydrogen) atoms. The minimum Gasteiger partial charge on any atom is -0.465 e. The second-order valence-electron chi connectivity index (χ2n) is 6.96. The molecule has 0 bridgehead atoms. The van der Waals surface area contributed by atoms with E-state index in [1.165, 1.54) is 13.3 Å². The molecule has 8 heteroatoms. The Morgan fingerprint density at radius 1 is 1.28 bits per heavy atom. The topological polar surface area (TPSA) is 84.7 Å². The molecule has 1 saturated heterocycles. The molecule has 3 heterocycles. The molecule has 3 aromatic rings. The summed E-state index contributed by atoms with van der Waals surface area (Å²) in [5.41, 5.74) is 2.77. The van der Waals surface area contributed by atoms with E-state index in [0.717, 1.165) is 31.5 Å². The maximum Gasteiger partial charge on any atom is 0.338 e. The van der Waals surface area contributed by atoms with E-state index < -0.39 is 5.97 Å². The molecule has 7 nitrogen and oxygen atoms in total. The molecule has 1 aliphatic heterocycles. The van der Waals surface area contributed by atoms with Gasteiger partial charge in [-0.25, -0.2) is 9.78 Å². The summed E-state index contributed by atoms with van der Waals surface area (Å²) in [6.45, 7) is 1.76. The number of ether oxygens (including phenoxy) is 1. The third kappa shape index (κ3) is 3.83. The van der Waals surface area contributed by atoms with Crippen LogP contribution in [0.3, 0.4) is 0 Å². The molecule has 150 valence electrons. The molecule has 1 aliphatic rings. The van der Waals surface area contributed by atoms with Crippen molar-refractivity contribution in [2.45, 2.75) is 18.8 Å². The number of amides is 1. The first-order valence-electron chi connectivity index (χ1n) is 9.44. The number of halogens is 1. The van der Waals surface area contributed by atoms with Crippen LogP contribution >= 0.6 is 11.6 Å². The van der Waals surface area contributed by atoms with Crippen LogP contribution in [0.25, 0.3) is 5.65 Å². The fraction of sp³-hybridized carbons (Fsp3) is 0.286. The maximum atomic E-state index is 12.9. The van der Waals surface area contributed by atoms with Gasteiger partial charge in [-0.3, -0.25) is 9.20 Å². The zero-order valence-electron chi connectivity index (χ0n) is 15.9. The SMILES string of the molecule is COC(=O)c1cc2ncc(C(=O)Nc3ccccc3Cl)n2cc1C1CCNCC1. The van der Waals surface area contributed by atoms with Gasteiger partial charge in [0.25, 0.3) is 5.91 Å². The van der Waals surface area contributed by atoms with E-state index in [2.05, 4.69) is 15.6 Å². The van der Waals surface area contributed by atoms with Crippen molar-refractivity contribution < 1.29 is 14.3 Å². The zero-order valence-corrected chi connectivity index (χ0v) is 16.7. The van der Waals surface area contributed by atoms with Crippen molar-refractivity contribution in [2.24, 2.45) is 0 Å². The van der Waals surface area contributed by atoms with Gasteiger partial charge >= 0.3 is 5.97 Å². The first kappa shape index (κ1) is 19.4. The molecular weight excluding hydrogens is 392 g/mol. The summed E-state index contributed by atoms with van der Waals surface area (Å²) in [4.78, 5) is 29.6. The number of nitrogens with one attached hydrogen (secondary N) is 2. The van der Waals surface area contributed by atoms with Crippen LogP contribution in [0.4, 0.5) is 5.69 Å². The molecule has 2 N–H and O–H groups in total. The second-order valence-corrected chi connectivity index (χ2v) is 7.37. The number of anilines is 1. The van der Waals surface area contributed by atoms with Gasteiger partial charge in [-0.05, 0) is 55.6 Å². The van der Waals surface area contributed by atoms with Crippen molar-refractivity contribution in [2.75, 3.05) is 25.5 Å². The Bertz CT molecular complexity index is 1070. The number of hydrogen-bond acceptors (Lipinski definition) is 5. The van der Waals surface area contributed by atoms with Crippen LogP contribution in [0, 0.1) is 0 Å². The van der Waals surface area contributed by atoms with E-state index in [1.807, 2.05) is 6.20 Å². The number of imidazole rings is 1. The van der Waals surface area contributed by atoms with Gasteiger partial charge in [0.1, 0.15) is 11.3 Å². The van der Waals surface area contributed by atoms with E-state index in [1.54, 1.807) is 34.7 Å². The summed E-state index contributed by atoms with van der Waals surface area (Å²) in [6.07, 6.45) is 5.15. The van der Waals surface area contributed by atoms with E-state index in [4.69, 9.17) is 16.3 Å². The standard InChI is InChI=1S/C21H21ClN4O3/c1-29-21(28)14-10-19-24-11-18(20(27)25-17-5-3-2-4-16(17)22)26(19)12-15(14)13-6-8-23-9-7-13/h2-5,10-13,23H,6-9H2,1H3,(H,25,27). The van der Waals surface area contributed by atoms with Crippen LogP contribution < -0.4 is 10.6 Å². The second kappa shape index (κ2) is 8.23. The molecule has 0 saturated carbocycles. The van der Waals surface area contributed by atoms with Crippen molar-refractivity contribution in [3.8, 4) is 0 Å². The molecule has 0 unspecified atom stereocenters. The predicted octanol–water partition coefficient (Wildman–Crippen LogP) is 3.49. The number of pyridine rings is 1. The Labute approximate surface area is 173 Å². The number of esters is 1. The van der Waals surface area contributed by atoms with Gasteiger partial charge in [0.15, 0.2) is 0 Å². The minimum atomic E-state index is -0.397. The highest BCUT2D eigenvalue weighted by Gasteiger charge is 2.24. The van der Waals surface area contributed by atoms with Gasteiger partial charge < -0.3 is 15.4 Å². The van der Waals surface area contributed by atoms with Crippen molar-refractivity contribution in [3.63, 3.8) is 0 Å². The third-order valence-electron chi connectivity index (χ3n) is 5.22. The number of nitrogens with zero attached hydrogens (tertiary/aromatic N) is 2. The molecule has 1 fully saturated rings. The molecular formula is C21H21ClN4O3. The lowest BCUT2D eigenvalue weighted by Gasteiger charge is -2.24. The van der Waals surface area contributed by atoms with E-state index in [9.17, 15) is 9.59 Å². The number of rotatable bonds is 4. The number of methoxy groups -OCH3 is 1. The molecule has 0 aliphatic carbocycles. The number of para-hydroxylation sites is 1. The summed E-state index contributed by atoms with van der Waals surface area (Å²) < 4.78 is 6.70. The van der Waals surface area contributed by atoms with E-state index >= 15 is 0 Å². The minimum absolute atomic E-state index is 0.205. The zero-order chi connectivity index (χ0) is 20.4. The number of carbonyl (C=O) groups is 2. The number of aromatic nitrogens is 2. The number of carbonyl (C=O) groups excluding carboxylic acids is 2. The highest BCUT2D eigenvalue weighted by atomic mass is 35.5. The molecule has 1 amide bonds. The average Bonchev–Trinajstić information content (AvgIpc) is 3.17. The van der Waals surface area contributed by atoms with Gasteiger partial charge in [-0.2, -0.15) is 0 Å². The molecule has 4 rings (SSSR count). The highest BCUT2D eigenvalue weighted by molar-refractivity contribution is 6.33. The van der Waals surface area contributed by atoms with Gasteiger partial charge in [0, 0.05) is 6.20 Å². The number of hydrogen-bond donors (Lipinski definition) is 2. The first-order chi connectivity index (χ1) is 14.1. The Morgan fingerprint density at radius 3 is 2.76 bits per heavy atom. The Morgan fingerprint density at radius 2 is 2.03 bits per heavy atom. The number of benzene rings is 1. The van der Waals surface area contributed by atoms with Crippen molar-refractivity contribution in [1.29, 1.82) is 0 Å². The van der Waals surface area contributed by atoms with Crippen LogP contribution in [0.15, 0.2) is 42.7 Å². The lowest BCUT2D eigenvalue weighted by atomic mass is 9.88. The van der Waals surface area contributed by atoms with Gasteiger partial charge in [-0.15, -0.1) is 0 Å². The van der Waals surface area contributed by atoms with Crippen LogP contribution in [0.2, 0.25) is 5.02 Å². The number of piperidine rings is 1. The summed E-state index contributed by atoms with van der Waals surface area (Å²) in [5.74, 6) is -0.518. The maximum absolute atomic E-state index is 12.9. The van der Waals surface area contributed by atoms with Crippen LogP contribution in [0.1, 0.15) is 45.2 Å². The van der Waals surface area contributed by atoms with E-state index in [0.29, 0.717) is 27.6 Å². The molecule has 1 aromatic carbocycles. The van der Waals surface area contributed by atoms with Crippen molar-refractivity contribution in [3.05, 3.63) is 64.6 Å². The van der Waals surface area contributed by atoms with Crippen LogP contribution in [-0.2, 0) is 4.74 Å². The summed E-state index contributed by atoms with van der Waals surface area (Å²) in [5, 5.41) is 6.61. The third-order valence-corrected chi connectivity index (χ3v) is 5.55. The molecule has 2 aromatic heterocycles.